The van der Waals surface area contributed by atoms with Gasteiger partial charge >= 0.3 is 0 Å². The monoisotopic (exact) mass is 386 g/mol. The summed E-state index contributed by atoms with van der Waals surface area (Å²) in [5.41, 5.74) is 3.92. The third kappa shape index (κ3) is 4.98. The Balaban J connectivity index is 1.85. The zero-order chi connectivity index (χ0) is 19.2. The van der Waals surface area contributed by atoms with Crippen LogP contribution in [-0.4, -0.2) is 52.1 Å². The molecule has 0 amide bonds. The van der Waals surface area contributed by atoms with E-state index in [0.29, 0.717) is 6.61 Å². The van der Waals surface area contributed by atoms with Gasteiger partial charge in [-0.25, -0.2) is 0 Å². The molecule has 146 valence electrons. The molecule has 0 spiro atoms. The quantitative estimate of drug-likeness (QED) is 0.548. The first kappa shape index (κ1) is 20.1. The molecule has 27 heavy (non-hydrogen) atoms. The molecule has 0 saturated carbocycles. The molecule has 2 aromatic rings. The van der Waals surface area contributed by atoms with E-state index < -0.39 is 0 Å². The van der Waals surface area contributed by atoms with E-state index in [4.69, 9.17) is 9.47 Å². The summed E-state index contributed by atoms with van der Waals surface area (Å²) in [6.07, 6.45) is 4.10. The van der Waals surface area contributed by atoms with Crippen LogP contribution < -0.4 is 14.8 Å². The molecule has 0 bridgehead atoms. The molecule has 5 heteroatoms. The SMILES string of the molecule is COc1cc2c(cc1OCCCN(C)C)C(c1ccc(SC)cc1)NCC2. The van der Waals surface area contributed by atoms with Crippen molar-refractivity contribution in [3.63, 3.8) is 0 Å². The van der Waals surface area contributed by atoms with E-state index >= 15 is 0 Å². The smallest absolute Gasteiger partial charge is 0.161 e. The molecule has 0 fully saturated rings. The predicted molar refractivity (Wildman–Crippen MR) is 113 cm³/mol. The number of rotatable bonds is 8. The number of hydrogen-bond donors (Lipinski definition) is 1. The minimum absolute atomic E-state index is 0.194. The molecule has 1 aliphatic heterocycles. The van der Waals surface area contributed by atoms with E-state index in [0.717, 1.165) is 37.4 Å². The van der Waals surface area contributed by atoms with Gasteiger partial charge in [-0.05, 0) is 74.1 Å². The van der Waals surface area contributed by atoms with Crippen molar-refractivity contribution in [2.24, 2.45) is 0 Å². The predicted octanol–water partition coefficient (Wildman–Crippen LogP) is 3.98. The lowest BCUT2D eigenvalue weighted by Gasteiger charge is -2.29. The average Bonchev–Trinajstić information content (AvgIpc) is 2.70. The Hall–Kier alpha value is -1.69. The van der Waals surface area contributed by atoms with Gasteiger partial charge < -0.3 is 19.7 Å². The summed E-state index contributed by atoms with van der Waals surface area (Å²) >= 11 is 1.77. The second-order valence-electron chi connectivity index (χ2n) is 7.12. The van der Waals surface area contributed by atoms with Crippen molar-refractivity contribution in [2.75, 3.05) is 47.2 Å². The maximum absolute atomic E-state index is 6.08. The molecule has 0 aromatic heterocycles. The third-order valence-electron chi connectivity index (χ3n) is 4.94. The van der Waals surface area contributed by atoms with Gasteiger partial charge in [0.15, 0.2) is 11.5 Å². The molecule has 1 atom stereocenters. The van der Waals surface area contributed by atoms with Gasteiger partial charge in [0, 0.05) is 18.0 Å². The fourth-order valence-corrected chi connectivity index (χ4v) is 3.90. The molecule has 0 saturated heterocycles. The topological polar surface area (TPSA) is 33.7 Å². The van der Waals surface area contributed by atoms with Crippen molar-refractivity contribution >= 4 is 11.8 Å². The second-order valence-corrected chi connectivity index (χ2v) is 8.00. The molecule has 0 radical (unpaired) electrons. The van der Waals surface area contributed by atoms with Crippen LogP contribution in [-0.2, 0) is 6.42 Å². The number of nitrogens with one attached hydrogen (secondary N) is 1. The van der Waals surface area contributed by atoms with Crippen LogP contribution in [0.5, 0.6) is 11.5 Å². The highest BCUT2D eigenvalue weighted by Crippen LogP contribution is 2.37. The molecular weight excluding hydrogens is 356 g/mol. The fourth-order valence-electron chi connectivity index (χ4n) is 3.49. The minimum Gasteiger partial charge on any atom is -0.493 e. The number of ether oxygens (including phenoxy) is 2. The largest absolute Gasteiger partial charge is 0.493 e. The van der Waals surface area contributed by atoms with Crippen LogP contribution >= 0.6 is 11.8 Å². The highest BCUT2D eigenvalue weighted by atomic mass is 32.2. The normalized spacial score (nSPS) is 16.3. The molecule has 4 nitrogen and oxygen atoms in total. The standard InChI is InChI=1S/C22H30N2O2S/c1-24(2)12-5-13-26-21-15-19-17(14-20(21)25-3)10-11-23-22(19)16-6-8-18(27-4)9-7-16/h6-9,14-15,22-23H,5,10-13H2,1-4H3. The summed E-state index contributed by atoms with van der Waals surface area (Å²) in [7, 11) is 5.88. The third-order valence-corrected chi connectivity index (χ3v) is 5.68. The number of fused-ring (bicyclic) bond motifs is 1. The Morgan fingerprint density at radius 3 is 2.59 bits per heavy atom. The Kier molecular flexibility index (Phi) is 7.05. The van der Waals surface area contributed by atoms with Crippen molar-refractivity contribution in [2.45, 2.75) is 23.8 Å². The van der Waals surface area contributed by atoms with Gasteiger partial charge in [-0.1, -0.05) is 12.1 Å². The number of thioether (sulfide) groups is 1. The van der Waals surface area contributed by atoms with Crippen LogP contribution in [0.3, 0.4) is 0 Å². The number of benzene rings is 2. The minimum atomic E-state index is 0.194. The van der Waals surface area contributed by atoms with Crippen LogP contribution in [0.1, 0.15) is 29.2 Å². The summed E-state index contributed by atoms with van der Waals surface area (Å²) in [5.74, 6) is 1.67. The molecule has 0 aliphatic carbocycles. The molecule has 1 N–H and O–H groups in total. The van der Waals surface area contributed by atoms with Gasteiger partial charge in [-0.2, -0.15) is 0 Å². The van der Waals surface area contributed by atoms with Gasteiger partial charge in [0.25, 0.3) is 0 Å². The molecule has 3 rings (SSSR count). The first-order valence-corrected chi connectivity index (χ1v) is 10.7. The Labute approximate surface area is 167 Å². The van der Waals surface area contributed by atoms with Crippen molar-refractivity contribution in [3.8, 4) is 11.5 Å². The summed E-state index contributed by atoms with van der Waals surface area (Å²) in [4.78, 5) is 3.46. The van der Waals surface area contributed by atoms with Crippen LogP contribution in [0.2, 0.25) is 0 Å². The van der Waals surface area contributed by atoms with E-state index in [1.54, 1.807) is 18.9 Å². The second kappa shape index (κ2) is 9.49. The number of nitrogens with zero attached hydrogens (tertiary/aromatic N) is 1. The van der Waals surface area contributed by atoms with Crippen molar-refractivity contribution in [1.29, 1.82) is 0 Å². The molecule has 2 aromatic carbocycles. The number of hydrogen-bond acceptors (Lipinski definition) is 5. The van der Waals surface area contributed by atoms with Gasteiger partial charge in [-0.15, -0.1) is 11.8 Å². The van der Waals surface area contributed by atoms with Gasteiger partial charge in [0.1, 0.15) is 0 Å². The lowest BCUT2D eigenvalue weighted by Crippen LogP contribution is -2.30. The van der Waals surface area contributed by atoms with Crippen molar-refractivity contribution in [3.05, 3.63) is 53.1 Å². The van der Waals surface area contributed by atoms with Gasteiger partial charge in [-0.3, -0.25) is 0 Å². The summed E-state index contributed by atoms with van der Waals surface area (Å²) in [6.45, 7) is 2.67. The maximum atomic E-state index is 6.08. The average molecular weight is 387 g/mol. The highest BCUT2D eigenvalue weighted by Gasteiger charge is 2.24. The van der Waals surface area contributed by atoms with E-state index in [9.17, 15) is 0 Å². The first-order valence-electron chi connectivity index (χ1n) is 9.48. The maximum Gasteiger partial charge on any atom is 0.161 e. The number of methoxy groups -OCH3 is 1. The van der Waals surface area contributed by atoms with Crippen molar-refractivity contribution in [1.82, 2.24) is 10.2 Å². The van der Waals surface area contributed by atoms with E-state index in [1.807, 2.05) is 0 Å². The van der Waals surface area contributed by atoms with Gasteiger partial charge in [0.05, 0.1) is 19.8 Å². The lowest BCUT2D eigenvalue weighted by atomic mass is 9.89. The molecular formula is C22H30N2O2S. The van der Waals surface area contributed by atoms with Gasteiger partial charge in [0.2, 0.25) is 0 Å². The zero-order valence-corrected chi connectivity index (χ0v) is 17.6. The van der Waals surface area contributed by atoms with Crippen LogP contribution in [0.15, 0.2) is 41.3 Å². The highest BCUT2D eigenvalue weighted by molar-refractivity contribution is 7.98. The Morgan fingerprint density at radius 2 is 1.93 bits per heavy atom. The zero-order valence-electron chi connectivity index (χ0n) is 16.7. The van der Waals surface area contributed by atoms with Crippen LogP contribution in [0.4, 0.5) is 0 Å². The molecule has 1 aliphatic rings. The summed E-state index contributed by atoms with van der Waals surface area (Å²) in [5, 5.41) is 3.67. The lowest BCUT2D eigenvalue weighted by molar-refractivity contribution is 0.267. The molecule has 1 unspecified atom stereocenters. The van der Waals surface area contributed by atoms with E-state index in [-0.39, 0.29) is 6.04 Å². The summed E-state index contributed by atoms with van der Waals surface area (Å²) in [6, 6.07) is 13.3. The Bertz CT molecular complexity index is 747. The van der Waals surface area contributed by atoms with Crippen LogP contribution in [0.25, 0.3) is 0 Å². The Morgan fingerprint density at radius 1 is 1.15 bits per heavy atom. The summed E-state index contributed by atoms with van der Waals surface area (Å²) < 4.78 is 11.7. The first-order chi connectivity index (χ1) is 13.1. The van der Waals surface area contributed by atoms with E-state index in [2.05, 4.69) is 67.0 Å². The fraction of sp³-hybridized carbons (Fsp3) is 0.455. The molecule has 1 heterocycles. The van der Waals surface area contributed by atoms with Crippen LogP contribution in [0, 0.1) is 0 Å². The van der Waals surface area contributed by atoms with Crippen molar-refractivity contribution < 1.29 is 9.47 Å². The van der Waals surface area contributed by atoms with E-state index in [1.165, 1.54) is 21.6 Å².